The van der Waals surface area contributed by atoms with E-state index in [9.17, 15) is 4.79 Å². The van der Waals surface area contributed by atoms with Crippen LogP contribution in [-0.4, -0.2) is 15.5 Å². The van der Waals surface area contributed by atoms with Gasteiger partial charge in [-0.25, -0.2) is 4.98 Å². The molecule has 5 heteroatoms. The first kappa shape index (κ1) is 16.1. The molecule has 130 valence electrons. The van der Waals surface area contributed by atoms with Gasteiger partial charge in [-0.3, -0.25) is 4.79 Å². The molecule has 2 heterocycles. The Morgan fingerprint density at radius 2 is 1.88 bits per heavy atom. The molecule has 0 fully saturated rings. The van der Waals surface area contributed by atoms with E-state index in [2.05, 4.69) is 52.1 Å². The third-order valence-electron chi connectivity index (χ3n) is 4.47. The number of amides is 1. The van der Waals surface area contributed by atoms with Crippen molar-refractivity contribution in [2.45, 2.75) is 20.4 Å². The van der Waals surface area contributed by atoms with Crippen molar-refractivity contribution in [1.82, 2.24) is 9.55 Å². The smallest absolute Gasteiger partial charge is 0.277 e. The topological polar surface area (TPSA) is 60.1 Å². The monoisotopic (exact) mass is 345 g/mol. The number of nitrogens with zero attached hydrogens (tertiary/aromatic N) is 2. The van der Waals surface area contributed by atoms with Gasteiger partial charge in [0.1, 0.15) is 5.76 Å². The highest BCUT2D eigenvalue weighted by Crippen LogP contribution is 2.27. The summed E-state index contributed by atoms with van der Waals surface area (Å²) in [6.45, 7) is 4.54. The molecule has 0 atom stereocenters. The average Bonchev–Trinajstić information content (AvgIpc) is 3.22. The highest BCUT2D eigenvalue weighted by Gasteiger charge is 2.16. The Balaban J connectivity index is 1.68. The molecular weight excluding hydrogens is 326 g/mol. The number of hydrogen-bond donors (Lipinski definition) is 1. The number of benzene rings is 2. The number of oxazole rings is 1. The van der Waals surface area contributed by atoms with Crippen molar-refractivity contribution in [1.29, 1.82) is 0 Å². The molecule has 1 amide bonds. The lowest BCUT2D eigenvalue weighted by atomic mass is 10.1. The van der Waals surface area contributed by atoms with E-state index < -0.39 is 0 Å². The number of para-hydroxylation sites is 1. The van der Waals surface area contributed by atoms with E-state index in [0.29, 0.717) is 11.5 Å². The van der Waals surface area contributed by atoms with Crippen LogP contribution in [0, 0.1) is 13.8 Å². The van der Waals surface area contributed by atoms with Gasteiger partial charge in [-0.1, -0.05) is 48.0 Å². The Morgan fingerprint density at radius 1 is 1.12 bits per heavy atom. The van der Waals surface area contributed by atoms with Crippen molar-refractivity contribution in [3.8, 4) is 0 Å². The number of nitrogens with one attached hydrogen (secondary N) is 1. The molecule has 0 aliphatic carbocycles. The second kappa shape index (κ2) is 6.52. The molecule has 2 aromatic heterocycles. The van der Waals surface area contributed by atoms with E-state index in [1.165, 1.54) is 17.5 Å². The molecule has 0 bridgehead atoms. The van der Waals surface area contributed by atoms with Crippen LogP contribution in [0.4, 0.5) is 5.69 Å². The van der Waals surface area contributed by atoms with Crippen LogP contribution in [0.3, 0.4) is 0 Å². The van der Waals surface area contributed by atoms with E-state index in [0.717, 1.165) is 23.1 Å². The number of rotatable bonds is 4. The normalized spacial score (nSPS) is 11.0. The predicted octanol–water partition coefficient (Wildman–Crippen LogP) is 4.55. The summed E-state index contributed by atoms with van der Waals surface area (Å²) in [5.41, 5.74) is 4.59. The van der Waals surface area contributed by atoms with Gasteiger partial charge in [-0.15, -0.1) is 0 Å². The molecule has 0 saturated carbocycles. The van der Waals surface area contributed by atoms with Crippen LogP contribution in [0.25, 0.3) is 10.9 Å². The first-order valence-corrected chi connectivity index (χ1v) is 8.46. The molecule has 26 heavy (non-hydrogen) atoms. The van der Waals surface area contributed by atoms with Gasteiger partial charge in [-0.05, 0) is 25.5 Å². The fourth-order valence-corrected chi connectivity index (χ4v) is 3.07. The highest BCUT2D eigenvalue weighted by atomic mass is 16.3. The Morgan fingerprint density at radius 3 is 2.62 bits per heavy atom. The number of carbonyl (C=O) groups excluding carboxylic acids is 1. The van der Waals surface area contributed by atoms with Crippen LogP contribution in [0.2, 0.25) is 0 Å². The van der Waals surface area contributed by atoms with Crippen LogP contribution < -0.4 is 5.32 Å². The Kier molecular flexibility index (Phi) is 4.05. The summed E-state index contributed by atoms with van der Waals surface area (Å²) in [5, 5.41) is 3.96. The summed E-state index contributed by atoms with van der Waals surface area (Å²) in [4.78, 5) is 16.5. The number of anilines is 1. The number of aromatic nitrogens is 2. The molecule has 0 unspecified atom stereocenters. The molecule has 0 radical (unpaired) electrons. The van der Waals surface area contributed by atoms with Gasteiger partial charge in [0.15, 0.2) is 12.1 Å². The van der Waals surface area contributed by atoms with Crippen LogP contribution in [0.5, 0.6) is 0 Å². The molecule has 4 aromatic rings. The maximum atomic E-state index is 12.5. The van der Waals surface area contributed by atoms with Gasteiger partial charge in [0.25, 0.3) is 5.91 Å². The lowest BCUT2D eigenvalue weighted by Crippen LogP contribution is -2.13. The van der Waals surface area contributed by atoms with E-state index >= 15 is 0 Å². The third-order valence-corrected chi connectivity index (χ3v) is 4.47. The average molecular weight is 345 g/mol. The molecule has 0 aliphatic rings. The van der Waals surface area contributed by atoms with Crippen LogP contribution in [-0.2, 0) is 6.54 Å². The van der Waals surface area contributed by atoms with Gasteiger partial charge in [0.05, 0.1) is 11.2 Å². The highest BCUT2D eigenvalue weighted by molar-refractivity contribution is 6.08. The van der Waals surface area contributed by atoms with E-state index in [-0.39, 0.29) is 5.91 Å². The van der Waals surface area contributed by atoms with Gasteiger partial charge in [-0.2, -0.15) is 0 Å². The van der Waals surface area contributed by atoms with Crippen LogP contribution in [0.1, 0.15) is 27.4 Å². The zero-order valence-corrected chi connectivity index (χ0v) is 14.7. The SMILES string of the molecule is Cc1ccc(Cn2cc(NC(=O)c3ncoc3C)c3ccccc32)cc1. The lowest BCUT2D eigenvalue weighted by molar-refractivity contribution is 0.102. The number of aryl methyl sites for hydroxylation is 2. The Hall–Kier alpha value is -3.34. The second-order valence-corrected chi connectivity index (χ2v) is 6.38. The standard InChI is InChI=1S/C21H19N3O2/c1-14-7-9-16(10-8-14)11-24-12-18(17-5-3-4-6-19(17)24)23-21(25)20-15(2)26-13-22-20/h3-10,12-13H,11H2,1-2H3,(H,23,25). The van der Waals surface area contributed by atoms with Crippen molar-refractivity contribution in [2.24, 2.45) is 0 Å². The van der Waals surface area contributed by atoms with Crippen LogP contribution in [0.15, 0.2) is 65.5 Å². The minimum atomic E-state index is -0.269. The largest absolute Gasteiger partial charge is 0.448 e. The predicted molar refractivity (Wildman–Crippen MR) is 101 cm³/mol. The fourth-order valence-electron chi connectivity index (χ4n) is 3.07. The third kappa shape index (κ3) is 2.99. The molecule has 1 N–H and O–H groups in total. The Bertz CT molecular complexity index is 1070. The summed E-state index contributed by atoms with van der Waals surface area (Å²) in [6.07, 6.45) is 3.25. The van der Waals surface area contributed by atoms with Gasteiger partial charge >= 0.3 is 0 Å². The summed E-state index contributed by atoms with van der Waals surface area (Å²) in [5.74, 6) is 0.236. The van der Waals surface area contributed by atoms with E-state index in [1.807, 2.05) is 24.4 Å². The van der Waals surface area contributed by atoms with Crippen molar-refractivity contribution in [2.75, 3.05) is 5.32 Å². The maximum absolute atomic E-state index is 12.5. The molecule has 5 nitrogen and oxygen atoms in total. The molecule has 4 rings (SSSR count). The summed E-state index contributed by atoms with van der Waals surface area (Å²) in [6, 6.07) is 16.5. The van der Waals surface area contributed by atoms with Crippen molar-refractivity contribution >= 4 is 22.5 Å². The molecule has 0 spiro atoms. The van der Waals surface area contributed by atoms with Crippen LogP contribution >= 0.6 is 0 Å². The molecule has 0 aliphatic heterocycles. The Labute approximate surface area is 151 Å². The fraction of sp³-hybridized carbons (Fsp3) is 0.143. The van der Waals surface area contributed by atoms with Crippen molar-refractivity contribution in [3.05, 3.63) is 83.7 Å². The van der Waals surface area contributed by atoms with Crippen molar-refractivity contribution < 1.29 is 9.21 Å². The van der Waals surface area contributed by atoms with Crippen molar-refractivity contribution in [3.63, 3.8) is 0 Å². The first-order valence-electron chi connectivity index (χ1n) is 8.46. The van der Waals surface area contributed by atoms with E-state index in [1.54, 1.807) is 6.92 Å². The quantitative estimate of drug-likeness (QED) is 0.590. The van der Waals surface area contributed by atoms with Gasteiger partial charge < -0.3 is 14.3 Å². The zero-order valence-electron chi connectivity index (χ0n) is 14.7. The maximum Gasteiger partial charge on any atom is 0.277 e. The van der Waals surface area contributed by atoms with E-state index in [4.69, 9.17) is 4.42 Å². The molecule has 0 saturated heterocycles. The first-order chi connectivity index (χ1) is 12.6. The van der Waals surface area contributed by atoms with Gasteiger partial charge in [0.2, 0.25) is 0 Å². The molecular formula is C21H19N3O2. The lowest BCUT2D eigenvalue weighted by Gasteiger charge is -2.05. The molecule has 2 aromatic carbocycles. The number of carbonyl (C=O) groups is 1. The summed E-state index contributed by atoms with van der Waals surface area (Å²) >= 11 is 0. The minimum Gasteiger partial charge on any atom is -0.448 e. The summed E-state index contributed by atoms with van der Waals surface area (Å²) in [7, 11) is 0. The summed E-state index contributed by atoms with van der Waals surface area (Å²) < 4.78 is 7.27. The number of fused-ring (bicyclic) bond motifs is 1. The second-order valence-electron chi connectivity index (χ2n) is 6.38. The number of hydrogen-bond acceptors (Lipinski definition) is 3. The minimum absolute atomic E-state index is 0.269. The zero-order chi connectivity index (χ0) is 18.1. The van der Waals surface area contributed by atoms with Gasteiger partial charge in [0, 0.05) is 18.1 Å².